The molecule has 0 saturated carbocycles. The van der Waals surface area contributed by atoms with Crippen LogP contribution in [0, 0.1) is 0 Å². The lowest BCUT2D eigenvalue weighted by atomic mass is 10.3. The van der Waals surface area contributed by atoms with Crippen molar-refractivity contribution < 1.29 is 9.63 Å². The molecule has 16 heavy (non-hydrogen) atoms. The molecular weight excluding hydrogens is 206 g/mol. The Morgan fingerprint density at radius 2 is 2.38 bits per heavy atom. The van der Waals surface area contributed by atoms with Gasteiger partial charge in [0.1, 0.15) is 5.69 Å². The fraction of sp³-hybridized carbons (Fsp3) is 0.545. The Bertz CT molecular complexity index is 336. The molecule has 5 nitrogen and oxygen atoms in total. The summed E-state index contributed by atoms with van der Waals surface area (Å²) in [6.45, 7) is 1.45. The molecule has 1 amide bonds. The van der Waals surface area contributed by atoms with Gasteiger partial charge in [-0.3, -0.25) is 4.79 Å². The first-order chi connectivity index (χ1) is 7.65. The topological polar surface area (TPSA) is 46.5 Å². The number of rotatable bonds is 6. The summed E-state index contributed by atoms with van der Waals surface area (Å²) >= 11 is 0. The molecule has 0 atom stereocenters. The minimum atomic E-state index is -0.0347. The lowest BCUT2D eigenvalue weighted by molar-refractivity contribution is -0.109. The highest BCUT2D eigenvalue weighted by molar-refractivity contribution is 5.92. The number of amides is 1. The summed E-state index contributed by atoms with van der Waals surface area (Å²) in [6.07, 6.45) is 2.72. The molecule has 0 aliphatic carbocycles. The van der Waals surface area contributed by atoms with E-state index in [4.69, 9.17) is 4.84 Å². The van der Waals surface area contributed by atoms with Crippen LogP contribution in [0.25, 0.3) is 0 Å². The van der Waals surface area contributed by atoms with Gasteiger partial charge in [-0.25, -0.2) is 0 Å². The van der Waals surface area contributed by atoms with Gasteiger partial charge in [-0.2, -0.15) is 5.06 Å². The number of hydrogen-bond acceptors (Lipinski definition) is 3. The normalized spacial score (nSPS) is 10.8. The number of hydroxylamine groups is 2. The zero-order chi connectivity index (χ0) is 12.0. The summed E-state index contributed by atoms with van der Waals surface area (Å²) in [7, 11) is 5.34. The van der Waals surface area contributed by atoms with Crippen LogP contribution < -0.4 is 5.32 Å². The number of aromatic nitrogens is 1. The fourth-order valence-corrected chi connectivity index (χ4v) is 1.38. The van der Waals surface area contributed by atoms with Gasteiger partial charge in [0.2, 0.25) is 0 Å². The van der Waals surface area contributed by atoms with E-state index >= 15 is 0 Å². The fourth-order valence-electron chi connectivity index (χ4n) is 1.38. The third-order valence-corrected chi connectivity index (χ3v) is 2.42. The first kappa shape index (κ1) is 12.7. The van der Waals surface area contributed by atoms with Crippen molar-refractivity contribution in [1.29, 1.82) is 0 Å². The monoisotopic (exact) mass is 225 g/mol. The highest BCUT2D eigenvalue weighted by Gasteiger charge is 2.07. The largest absolute Gasteiger partial charge is 0.351 e. The molecule has 0 aliphatic rings. The molecule has 5 heteroatoms. The summed E-state index contributed by atoms with van der Waals surface area (Å²) in [5, 5.41) is 4.59. The SMILES string of the molecule is CON(C)CCCNC(=O)c1cccn1C. The summed E-state index contributed by atoms with van der Waals surface area (Å²) in [5.41, 5.74) is 0.681. The molecule has 0 saturated heterocycles. The molecule has 0 aliphatic heterocycles. The number of nitrogens with zero attached hydrogens (tertiary/aromatic N) is 2. The maximum absolute atomic E-state index is 11.7. The molecule has 1 N–H and O–H groups in total. The molecule has 0 spiro atoms. The van der Waals surface area contributed by atoms with Gasteiger partial charge in [0.15, 0.2) is 0 Å². The highest BCUT2D eigenvalue weighted by Crippen LogP contribution is 1.98. The zero-order valence-electron chi connectivity index (χ0n) is 10.1. The second kappa shape index (κ2) is 6.30. The Morgan fingerprint density at radius 1 is 1.62 bits per heavy atom. The first-order valence-electron chi connectivity index (χ1n) is 5.30. The maximum atomic E-state index is 11.7. The van der Waals surface area contributed by atoms with E-state index in [2.05, 4.69) is 5.32 Å². The van der Waals surface area contributed by atoms with E-state index in [0.29, 0.717) is 12.2 Å². The molecule has 90 valence electrons. The van der Waals surface area contributed by atoms with Crippen LogP contribution in [0.2, 0.25) is 0 Å². The number of nitrogens with one attached hydrogen (secondary N) is 1. The summed E-state index contributed by atoms with van der Waals surface area (Å²) < 4.78 is 1.80. The van der Waals surface area contributed by atoms with Crippen LogP contribution in [-0.4, -0.2) is 42.8 Å². The van der Waals surface area contributed by atoms with Gasteiger partial charge in [0, 0.05) is 33.4 Å². The van der Waals surface area contributed by atoms with Gasteiger partial charge in [0.05, 0.1) is 7.11 Å². The Labute approximate surface area is 95.9 Å². The third kappa shape index (κ3) is 3.67. The summed E-state index contributed by atoms with van der Waals surface area (Å²) in [4.78, 5) is 16.6. The van der Waals surface area contributed by atoms with Crippen LogP contribution in [0.1, 0.15) is 16.9 Å². The van der Waals surface area contributed by atoms with Crippen molar-refractivity contribution in [2.45, 2.75) is 6.42 Å². The second-order valence-electron chi connectivity index (χ2n) is 3.65. The Hall–Kier alpha value is -1.33. The van der Waals surface area contributed by atoms with Crippen LogP contribution in [-0.2, 0) is 11.9 Å². The van der Waals surface area contributed by atoms with Crippen LogP contribution in [0.15, 0.2) is 18.3 Å². The molecule has 1 rings (SSSR count). The van der Waals surface area contributed by atoms with Crippen molar-refractivity contribution in [1.82, 2.24) is 14.9 Å². The average molecular weight is 225 g/mol. The van der Waals surface area contributed by atoms with E-state index < -0.39 is 0 Å². The lowest BCUT2D eigenvalue weighted by Gasteiger charge is -2.13. The van der Waals surface area contributed by atoms with Gasteiger partial charge >= 0.3 is 0 Å². The quantitative estimate of drug-likeness (QED) is 0.571. The number of carbonyl (C=O) groups excluding carboxylic acids is 1. The van der Waals surface area contributed by atoms with Crippen molar-refractivity contribution in [3.63, 3.8) is 0 Å². The van der Waals surface area contributed by atoms with Crippen LogP contribution in [0.5, 0.6) is 0 Å². The molecule has 0 unspecified atom stereocenters. The molecule has 0 fully saturated rings. The van der Waals surface area contributed by atoms with E-state index in [0.717, 1.165) is 13.0 Å². The van der Waals surface area contributed by atoms with E-state index in [1.54, 1.807) is 22.8 Å². The van der Waals surface area contributed by atoms with E-state index in [-0.39, 0.29) is 5.91 Å². The zero-order valence-corrected chi connectivity index (χ0v) is 10.1. The average Bonchev–Trinajstić information content (AvgIpc) is 2.70. The van der Waals surface area contributed by atoms with Crippen molar-refractivity contribution in [3.05, 3.63) is 24.0 Å². The van der Waals surface area contributed by atoms with E-state index in [1.165, 1.54) is 0 Å². The van der Waals surface area contributed by atoms with Gasteiger partial charge in [-0.05, 0) is 18.6 Å². The van der Waals surface area contributed by atoms with Crippen LogP contribution >= 0.6 is 0 Å². The summed E-state index contributed by atoms with van der Waals surface area (Å²) in [6, 6.07) is 3.66. The number of aryl methyl sites for hydroxylation is 1. The predicted octanol–water partition coefficient (Wildman–Crippen LogP) is 0.638. The van der Waals surface area contributed by atoms with Crippen molar-refractivity contribution >= 4 is 5.91 Å². The second-order valence-corrected chi connectivity index (χ2v) is 3.65. The molecule has 1 aromatic heterocycles. The molecule has 0 bridgehead atoms. The first-order valence-corrected chi connectivity index (χ1v) is 5.30. The molecule has 0 radical (unpaired) electrons. The number of carbonyl (C=O) groups is 1. The van der Waals surface area contributed by atoms with Gasteiger partial charge in [-0.1, -0.05) is 0 Å². The Morgan fingerprint density at radius 3 is 2.94 bits per heavy atom. The molecule has 0 aromatic carbocycles. The van der Waals surface area contributed by atoms with Gasteiger partial charge in [-0.15, -0.1) is 0 Å². The smallest absolute Gasteiger partial charge is 0.267 e. The van der Waals surface area contributed by atoms with Gasteiger partial charge in [0.25, 0.3) is 5.91 Å². The van der Waals surface area contributed by atoms with Crippen molar-refractivity contribution in [2.75, 3.05) is 27.2 Å². The van der Waals surface area contributed by atoms with Crippen molar-refractivity contribution in [2.24, 2.45) is 7.05 Å². The lowest BCUT2D eigenvalue weighted by Crippen LogP contribution is -2.29. The molecular formula is C11H19N3O2. The van der Waals surface area contributed by atoms with Crippen LogP contribution in [0.3, 0.4) is 0 Å². The Balaban J connectivity index is 2.24. The van der Waals surface area contributed by atoms with Crippen LogP contribution in [0.4, 0.5) is 0 Å². The highest BCUT2D eigenvalue weighted by atomic mass is 16.7. The van der Waals surface area contributed by atoms with Crippen molar-refractivity contribution in [3.8, 4) is 0 Å². The van der Waals surface area contributed by atoms with E-state index in [1.807, 2.05) is 26.4 Å². The van der Waals surface area contributed by atoms with E-state index in [9.17, 15) is 4.79 Å². The van der Waals surface area contributed by atoms with Gasteiger partial charge < -0.3 is 14.7 Å². The maximum Gasteiger partial charge on any atom is 0.267 e. The molecule has 1 heterocycles. The number of hydrogen-bond donors (Lipinski definition) is 1. The predicted molar refractivity (Wildman–Crippen MR) is 62.0 cm³/mol. The minimum Gasteiger partial charge on any atom is -0.351 e. The summed E-state index contributed by atoms with van der Waals surface area (Å²) in [5.74, 6) is -0.0347. The Kier molecular flexibility index (Phi) is 5.01. The minimum absolute atomic E-state index is 0.0347. The molecule has 1 aromatic rings. The third-order valence-electron chi connectivity index (χ3n) is 2.42. The standard InChI is InChI=1S/C11H19N3O2/c1-13-8-4-6-10(13)11(15)12-7-5-9-14(2)16-3/h4,6,8H,5,7,9H2,1-3H3,(H,12,15).